The molecule has 2 aromatic rings. The monoisotopic (exact) mass is 491 g/mol. The van der Waals surface area contributed by atoms with E-state index in [1.54, 1.807) is 36.4 Å². The molecule has 184 valence electrons. The molecule has 1 heterocycles. The normalized spacial score (nSPS) is 13.2. The molecule has 0 aliphatic carbocycles. The zero-order valence-electron chi connectivity index (χ0n) is 19.1. The van der Waals surface area contributed by atoms with E-state index < -0.39 is 23.6 Å². The SMILES string of the molecule is CC(C)(CCOC(=O)CS)[C@H](OC(=O)Nc1ccc2c(c1)OCO2)c1cccc(OCCO)c1. The summed E-state index contributed by atoms with van der Waals surface area (Å²) in [5.74, 6) is 1.25. The van der Waals surface area contributed by atoms with Crippen molar-refractivity contribution in [3.63, 3.8) is 0 Å². The van der Waals surface area contributed by atoms with E-state index in [1.807, 2.05) is 19.9 Å². The topological polar surface area (TPSA) is 113 Å². The fraction of sp³-hybridized carbons (Fsp3) is 0.417. The molecule has 0 aromatic heterocycles. The number of esters is 1. The molecule has 0 radical (unpaired) electrons. The number of carbonyl (C=O) groups excluding carboxylic acids is 2. The van der Waals surface area contributed by atoms with Gasteiger partial charge in [-0.3, -0.25) is 10.1 Å². The molecule has 1 atom stereocenters. The number of rotatable bonds is 11. The summed E-state index contributed by atoms with van der Waals surface area (Å²) in [6, 6.07) is 12.2. The van der Waals surface area contributed by atoms with Gasteiger partial charge in [-0.05, 0) is 36.2 Å². The molecule has 2 aromatic carbocycles. The Labute approximate surface area is 203 Å². The molecule has 1 aliphatic rings. The van der Waals surface area contributed by atoms with Gasteiger partial charge in [0.15, 0.2) is 11.5 Å². The number of nitrogens with one attached hydrogen (secondary N) is 1. The van der Waals surface area contributed by atoms with Crippen molar-refractivity contribution >= 4 is 30.4 Å². The summed E-state index contributed by atoms with van der Waals surface area (Å²) in [6.07, 6.45) is -0.934. The van der Waals surface area contributed by atoms with Gasteiger partial charge in [0.2, 0.25) is 6.79 Å². The fourth-order valence-corrected chi connectivity index (χ4v) is 3.53. The molecule has 0 saturated heterocycles. The number of anilines is 1. The third kappa shape index (κ3) is 6.94. The number of amides is 1. The molecule has 1 amide bonds. The van der Waals surface area contributed by atoms with Crippen LogP contribution in [-0.4, -0.2) is 49.5 Å². The first-order valence-corrected chi connectivity index (χ1v) is 11.4. The van der Waals surface area contributed by atoms with E-state index >= 15 is 0 Å². The molecule has 34 heavy (non-hydrogen) atoms. The van der Waals surface area contributed by atoms with Crippen LogP contribution in [0.5, 0.6) is 17.2 Å². The number of thiol groups is 1. The van der Waals surface area contributed by atoms with Crippen LogP contribution < -0.4 is 19.5 Å². The molecule has 9 nitrogen and oxygen atoms in total. The first-order chi connectivity index (χ1) is 16.3. The second-order valence-corrected chi connectivity index (χ2v) is 8.56. The van der Waals surface area contributed by atoms with Crippen molar-refractivity contribution in [3.8, 4) is 17.2 Å². The third-order valence-corrected chi connectivity index (χ3v) is 5.47. The predicted octanol–water partition coefficient (Wildman–Crippen LogP) is 3.97. The minimum absolute atomic E-state index is 0.0114. The van der Waals surface area contributed by atoms with Gasteiger partial charge >= 0.3 is 12.1 Å². The highest BCUT2D eigenvalue weighted by atomic mass is 32.1. The number of fused-ring (bicyclic) bond motifs is 1. The van der Waals surface area contributed by atoms with Crippen LogP contribution in [0.4, 0.5) is 10.5 Å². The van der Waals surface area contributed by atoms with Crippen LogP contribution >= 0.6 is 12.6 Å². The minimum Gasteiger partial charge on any atom is -0.491 e. The highest BCUT2D eigenvalue weighted by molar-refractivity contribution is 7.81. The van der Waals surface area contributed by atoms with Crippen molar-refractivity contribution in [2.75, 3.05) is 37.7 Å². The lowest BCUT2D eigenvalue weighted by Crippen LogP contribution is -2.30. The summed E-state index contributed by atoms with van der Waals surface area (Å²) in [4.78, 5) is 24.4. The van der Waals surface area contributed by atoms with Crippen LogP contribution in [-0.2, 0) is 14.3 Å². The lowest BCUT2D eigenvalue weighted by Gasteiger charge is -2.34. The lowest BCUT2D eigenvalue weighted by atomic mass is 9.80. The maximum Gasteiger partial charge on any atom is 0.412 e. The van der Waals surface area contributed by atoms with Crippen LogP contribution in [0, 0.1) is 5.41 Å². The van der Waals surface area contributed by atoms with E-state index in [0.717, 1.165) is 0 Å². The highest BCUT2D eigenvalue weighted by Gasteiger charge is 2.35. The van der Waals surface area contributed by atoms with Crippen LogP contribution in [0.3, 0.4) is 0 Å². The number of carbonyl (C=O) groups is 2. The van der Waals surface area contributed by atoms with Crippen LogP contribution in [0.25, 0.3) is 0 Å². The zero-order valence-corrected chi connectivity index (χ0v) is 20.0. The Kier molecular flexibility index (Phi) is 8.89. The van der Waals surface area contributed by atoms with Gasteiger partial charge in [0.25, 0.3) is 0 Å². The summed E-state index contributed by atoms with van der Waals surface area (Å²) in [5.41, 5.74) is 0.578. The molecule has 3 rings (SSSR count). The number of aliphatic hydroxyl groups excluding tert-OH is 1. The minimum atomic E-state index is -0.700. The van der Waals surface area contributed by atoms with E-state index in [4.69, 9.17) is 28.8 Å². The average molecular weight is 492 g/mol. The van der Waals surface area contributed by atoms with Gasteiger partial charge in [0, 0.05) is 17.2 Å². The first kappa shape index (κ1) is 25.5. The van der Waals surface area contributed by atoms with Crippen molar-refractivity contribution in [1.29, 1.82) is 0 Å². The molecular formula is C24H29NO8S. The maximum absolute atomic E-state index is 12.9. The second kappa shape index (κ2) is 11.8. The Bertz CT molecular complexity index is 997. The quantitative estimate of drug-likeness (QED) is 0.320. The Morgan fingerprint density at radius 1 is 1.15 bits per heavy atom. The molecule has 0 spiro atoms. The van der Waals surface area contributed by atoms with E-state index in [9.17, 15) is 9.59 Å². The van der Waals surface area contributed by atoms with Crippen molar-refractivity contribution in [2.24, 2.45) is 5.41 Å². The van der Waals surface area contributed by atoms with E-state index in [2.05, 4.69) is 17.9 Å². The number of benzene rings is 2. The van der Waals surface area contributed by atoms with Gasteiger partial charge < -0.3 is 28.8 Å². The van der Waals surface area contributed by atoms with Gasteiger partial charge in [-0.1, -0.05) is 26.0 Å². The standard InChI is InChI=1S/C24H29NO8S/c1-24(2,8-10-30-21(27)14-34)22(16-4-3-5-18(12-16)29-11-9-26)33-23(28)25-17-6-7-19-20(13-17)32-15-31-19/h3-7,12-13,22,26,34H,8-11,14-15H2,1-2H3,(H,25,28)/t22-/m1/s1. The molecule has 1 aliphatic heterocycles. The average Bonchev–Trinajstić information content (AvgIpc) is 3.29. The summed E-state index contributed by atoms with van der Waals surface area (Å²) in [7, 11) is 0. The Morgan fingerprint density at radius 2 is 1.94 bits per heavy atom. The number of hydrogen-bond acceptors (Lipinski definition) is 9. The lowest BCUT2D eigenvalue weighted by molar-refractivity contribution is -0.141. The molecule has 10 heteroatoms. The zero-order chi connectivity index (χ0) is 24.6. The fourth-order valence-electron chi connectivity index (χ4n) is 3.44. The van der Waals surface area contributed by atoms with E-state index in [1.165, 1.54) is 0 Å². The van der Waals surface area contributed by atoms with E-state index in [-0.39, 0.29) is 32.4 Å². The summed E-state index contributed by atoms with van der Waals surface area (Å²) in [5, 5.41) is 11.8. The Morgan fingerprint density at radius 3 is 2.71 bits per heavy atom. The van der Waals surface area contributed by atoms with Gasteiger partial charge in [-0.25, -0.2) is 4.79 Å². The summed E-state index contributed by atoms with van der Waals surface area (Å²) >= 11 is 3.91. The summed E-state index contributed by atoms with van der Waals surface area (Å²) in [6.45, 7) is 4.14. The van der Waals surface area contributed by atoms with E-state index in [0.29, 0.717) is 34.9 Å². The number of aliphatic hydroxyl groups is 1. The highest BCUT2D eigenvalue weighted by Crippen LogP contribution is 2.41. The molecule has 0 unspecified atom stereocenters. The molecule has 2 N–H and O–H groups in total. The van der Waals surface area contributed by atoms with Gasteiger partial charge in [-0.2, -0.15) is 12.6 Å². The van der Waals surface area contributed by atoms with Crippen molar-refractivity contribution in [2.45, 2.75) is 26.4 Å². The number of hydrogen-bond donors (Lipinski definition) is 3. The Balaban J connectivity index is 1.77. The van der Waals surface area contributed by atoms with Gasteiger partial charge in [0.05, 0.1) is 19.0 Å². The summed E-state index contributed by atoms with van der Waals surface area (Å²) < 4.78 is 27.2. The number of ether oxygens (including phenoxy) is 5. The maximum atomic E-state index is 12.9. The van der Waals surface area contributed by atoms with Gasteiger partial charge in [0.1, 0.15) is 18.5 Å². The van der Waals surface area contributed by atoms with Crippen molar-refractivity contribution in [3.05, 3.63) is 48.0 Å². The predicted molar refractivity (Wildman–Crippen MR) is 128 cm³/mol. The third-order valence-electron chi connectivity index (χ3n) is 5.21. The first-order valence-electron chi connectivity index (χ1n) is 10.8. The van der Waals surface area contributed by atoms with Crippen LogP contribution in [0.15, 0.2) is 42.5 Å². The van der Waals surface area contributed by atoms with Crippen molar-refractivity contribution < 1.29 is 38.4 Å². The van der Waals surface area contributed by atoms with Crippen molar-refractivity contribution in [1.82, 2.24) is 0 Å². The molecular weight excluding hydrogens is 462 g/mol. The van der Waals surface area contributed by atoms with Crippen LogP contribution in [0.2, 0.25) is 0 Å². The Hall–Kier alpha value is -3.11. The largest absolute Gasteiger partial charge is 0.491 e. The second-order valence-electron chi connectivity index (χ2n) is 8.24. The van der Waals surface area contributed by atoms with Crippen LogP contribution in [0.1, 0.15) is 31.9 Å². The smallest absolute Gasteiger partial charge is 0.412 e. The molecule has 0 saturated carbocycles. The van der Waals surface area contributed by atoms with Gasteiger partial charge in [-0.15, -0.1) is 0 Å². The molecule has 0 fully saturated rings. The molecule has 0 bridgehead atoms.